The van der Waals surface area contributed by atoms with Crippen LogP contribution in [0, 0.1) is 0 Å². The fourth-order valence-corrected chi connectivity index (χ4v) is 2.01. The van der Waals surface area contributed by atoms with Gasteiger partial charge in [-0.1, -0.05) is 38.1 Å². The summed E-state index contributed by atoms with van der Waals surface area (Å²) in [5.74, 6) is 0. The first-order valence-electron chi connectivity index (χ1n) is 6.74. The molecule has 1 heterocycles. The second-order valence-electron chi connectivity index (χ2n) is 5.15. The molecule has 1 fully saturated rings. The van der Waals surface area contributed by atoms with Crippen LogP contribution < -0.4 is 5.32 Å². The van der Waals surface area contributed by atoms with E-state index in [4.69, 9.17) is 9.47 Å². The molecule has 0 bridgehead atoms. The minimum atomic E-state index is 0.280. The Morgan fingerprint density at radius 2 is 2.22 bits per heavy atom. The van der Waals surface area contributed by atoms with Crippen molar-refractivity contribution in [2.75, 3.05) is 13.2 Å². The Balaban J connectivity index is 1.82. The first-order chi connectivity index (χ1) is 8.74. The highest BCUT2D eigenvalue weighted by molar-refractivity contribution is 5.22. The summed E-state index contributed by atoms with van der Waals surface area (Å²) >= 11 is 0. The molecule has 18 heavy (non-hydrogen) atoms. The Hall–Kier alpha value is -0.900. The third-order valence-corrected chi connectivity index (χ3v) is 3.08. The van der Waals surface area contributed by atoms with Gasteiger partial charge in [0.2, 0.25) is 0 Å². The molecule has 0 saturated carbocycles. The smallest absolute Gasteiger partial charge is 0.0834 e. The van der Waals surface area contributed by atoms with E-state index in [2.05, 4.69) is 43.4 Å². The number of nitrogens with one attached hydrogen (secondary N) is 1. The van der Waals surface area contributed by atoms with E-state index in [-0.39, 0.29) is 6.10 Å². The largest absolute Gasteiger partial charge is 0.379 e. The van der Waals surface area contributed by atoms with Crippen molar-refractivity contribution in [3.8, 4) is 0 Å². The van der Waals surface area contributed by atoms with Gasteiger partial charge in [0.05, 0.1) is 19.3 Å². The number of ether oxygens (including phenoxy) is 2. The van der Waals surface area contributed by atoms with Gasteiger partial charge in [-0.15, -0.1) is 0 Å². The summed E-state index contributed by atoms with van der Waals surface area (Å²) in [4.78, 5) is 0. The zero-order valence-corrected chi connectivity index (χ0v) is 11.3. The fraction of sp³-hybridized carbons (Fsp3) is 0.600. The molecule has 0 radical (unpaired) electrons. The van der Waals surface area contributed by atoms with E-state index in [1.54, 1.807) is 0 Å². The van der Waals surface area contributed by atoms with Crippen molar-refractivity contribution in [1.29, 1.82) is 0 Å². The normalized spacial score (nSPS) is 19.6. The molecule has 1 aliphatic rings. The van der Waals surface area contributed by atoms with E-state index >= 15 is 0 Å². The second-order valence-corrected chi connectivity index (χ2v) is 5.15. The Morgan fingerprint density at radius 1 is 1.39 bits per heavy atom. The number of hydrogen-bond acceptors (Lipinski definition) is 3. The average Bonchev–Trinajstić information content (AvgIpc) is 2.87. The van der Waals surface area contributed by atoms with Gasteiger partial charge in [0.25, 0.3) is 0 Å². The van der Waals surface area contributed by atoms with Crippen molar-refractivity contribution >= 4 is 0 Å². The summed E-state index contributed by atoms with van der Waals surface area (Å²) in [6.07, 6.45) is 1.30. The SMILES string of the molecule is CC(C)NCc1cccc(COC2CCOC2)c1. The monoisotopic (exact) mass is 249 g/mol. The lowest BCUT2D eigenvalue weighted by Crippen LogP contribution is -2.21. The molecule has 3 nitrogen and oxygen atoms in total. The van der Waals surface area contributed by atoms with Crippen LogP contribution in [0.4, 0.5) is 0 Å². The van der Waals surface area contributed by atoms with E-state index < -0.39 is 0 Å². The predicted octanol–water partition coefficient (Wildman–Crippen LogP) is 2.49. The molecular formula is C15H23NO2. The van der Waals surface area contributed by atoms with Crippen LogP contribution in [-0.4, -0.2) is 25.4 Å². The van der Waals surface area contributed by atoms with Crippen LogP contribution in [0.2, 0.25) is 0 Å². The third kappa shape index (κ3) is 4.41. The highest BCUT2D eigenvalue weighted by Gasteiger charge is 2.15. The van der Waals surface area contributed by atoms with E-state index in [9.17, 15) is 0 Å². The lowest BCUT2D eigenvalue weighted by atomic mass is 10.1. The number of hydrogen-bond donors (Lipinski definition) is 1. The summed E-state index contributed by atoms with van der Waals surface area (Å²) in [6, 6.07) is 9.10. The second kappa shape index (κ2) is 6.88. The maximum atomic E-state index is 5.82. The first kappa shape index (κ1) is 13.5. The van der Waals surface area contributed by atoms with Crippen molar-refractivity contribution in [2.24, 2.45) is 0 Å². The van der Waals surface area contributed by atoms with Crippen molar-refractivity contribution in [2.45, 2.75) is 45.6 Å². The maximum absolute atomic E-state index is 5.82. The van der Waals surface area contributed by atoms with Gasteiger partial charge in [0.15, 0.2) is 0 Å². The van der Waals surface area contributed by atoms with Gasteiger partial charge in [-0.2, -0.15) is 0 Å². The topological polar surface area (TPSA) is 30.5 Å². The molecule has 3 heteroatoms. The summed E-state index contributed by atoms with van der Waals surface area (Å²) in [5, 5.41) is 3.43. The van der Waals surface area contributed by atoms with Gasteiger partial charge in [0.1, 0.15) is 0 Å². The Bertz CT molecular complexity index is 359. The van der Waals surface area contributed by atoms with Gasteiger partial charge in [-0.25, -0.2) is 0 Å². The zero-order valence-electron chi connectivity index (χ0n) is 11.3. The third-order valence-electron chi connectivity index (χ3n) is 3.08. The van der Waals surface area contributed by atoms with Crippen molar-refractivity contribution in [3.63, 3.8) is 0 Å². The van der Waals surface area contributed by atoms with Gasteiger partial charge in [-0.3, -0.25) is 0 Å². The molecule has 1 aromatic carbocycles. The molecule has 1 N–H and O–H groups in total. The Labute approximate surface area is 109 Å². The minimum Gasteiger partial charge on any atom is -0.379 e. The van der Waals surface area contributed by atoms with Crippen LogP contribution in [0.5, 0.6) is 0 Å². The fourth-order valence-electron chi connectivity index (χ4n) is 2.01. The molecular weight excluding hydrogens is 226 g/mol. The zero-order chi connectivity index (χ0) is 12.8. The van der Waals surface area contributed by atoms with Crippen LogP contribution in [0.25, 0.3) is 0 Å². The molecule has 1 atom stereocenters. The maximum Gasteiger partial charge on any atom is 0.0834 e. The summed E-state index contributed by atoms with van der Waals surface area (Å²) in [6.45, 7) is 7.50. The van der Waals surface area contributed by atoms with E-state index in [0.29, 0.717) is 12.6 Å². The number of rotatable bonds is 6. The lowest BCUT2D eigenvalue weighted by molar-refractivity contribution is 0.0317. The van der Waals surface area contributed by atoms with Crippen molar-refractivity contribution in [3.05, 3.63) is 35.4 Å². The molecule has 1 saturated heterocycles. The highest BCUT2D eigenvalue weighted by atomic mass is 16.5. The number of benzene rings is 1. The van der Waals surface area contributed by atoms with Crippen molar-refractivity contribution in [1.82, 2.24) is 5.32 Å². The standard InChI is InChI=1S/C15H23NO2/c1-12(2)16-9-13-4-3-5-14(8-13)10-18-15-6-7-17-11-15/h3-5,8,12,15-16H,6-7,9-11H2,1-2H3. The minimum absolute atomic E-state index is 0.280. The van der Waals surface area contributed by atoms with Gasteiger partial charge >= 0.3 is 0 Å². The molecule has 0 spiro atoms. The highest BCUT2D eigenvalue weighted by Crippen LogP contribution is 2.12. The van der Waals surface area contributed by atoms with Crippen LogP contribution in [0.15, 0.2) is 24.3 Å². The molecule has 1 aliphatic heterocycles. The summed E-state index contributed by atoms with van der Waals surface area (Å²) in [5.41, 5.74) is 2.55. The van der Waals surface area contributed by atoms with Crippen LogP contribution >= 0.6 is 0 Å². The molecule has 0 amide bonds. The van der Waals surface area contributed by atoms with E-state index in [1.165, 1.54) is 11.1 Å². The van der Waals surface area contributed by atoms with E-state index in [1.807, 2.05) is 0 Å². The predicted molar refractivity (Wildman–Crippen MR) is 72.4 cm³/mol. The van der Waals surface area contributed by atoms with Gasteiger partial charge in [-0.05, 0) is 17.5 Å². The van der Waals surface area contributed by atoms with Gasteiger partial charge in [0, 0.05) is 19.2 Å². The molecule has 1 aromatic rings. The first-order valence-corrected chi connectivity index (χ1v) is 6.74. The van der Waals surface area contributed by atoms with E-state index in [0.717, 1.165) is 26.2 Å². The van der Waals surface area contributed by atoms with Crippen LogP contribution in [-0.2, 0) is 22.6 Å². The Morgan fingerprint density at radius 3 is 2.94 bits per heavy atom. The van der Waals surface area contributed by atoms with Gasteiger partial charge < -0.3 is 14.8 Å². The van der Waals surface area contributed by atoms with Crippen LogP contribution in [0.3, 0.4) is 0 Å². The molecule has 100 valence electrons. The quantitative estimate of drug-likeness (QED) is 0.840. The molecule has 1 unspecified atom stereocenters. The summed E-state index contributed by atoms with van der Waals surface area (Å²) < 4.78 is 11.1. The van der Waals surface area contributed by atoms with Crippen LogP contribution in [0.1, 0.15) is 31.4 Å². The average molecular weight is 249 g/mol. The lowest BCUT2D eigenvalue weighted by Gasteiger charge is -2.12. The summed E-state index contributed by atoms with van der Waals surface area (Å²) in [7, 11) is 0. The molecule has 0 aromatic heterocycles. The molecule has 2 rings (SSSR count). The van der Waals surface area contributed by atoms with Crippen molar-refractivity contribution < 1.29 is 9.47 Å². The Kier molecular flexibility index (Phi) is 5.17. The molecule has 0 aliphatic carbocycles.